The maximum absolute atomic E-state index is 11.3. The fourth-order valence-corrected chi connectivity index (χ4v) is 4.07. The number of carboxylic acid groups (broad SMARTS) is 1. The maximum atomic E-state index is 11.3. The minimum atomic E-state index is -0.968. The molecule has 0 saturated carbocycles. The Hall–Kier alpha value is -3.23. The van der Waals surface area contributed by atoms with Crippen molar-refractivity contribution < 1.29 is 14.3 Å². The summed E-state index contributed by atoms with van der Waals surface area (Å²) in [5.74, 6) is 0.393. The lowest BCUT2D eigenvalue weighted by Gasteiger charge is -2.27. The van der Waals surface area contributed by atoms with Gasteiger partial charge in [-0.3, -0.25) is 4.98 Å². The summed E-state index contributed by atoms with van der Waals surface area (Å²) in [4.78, 5) is 20.1. The number of nitrogens with zero attached hydrogens (tertiary/aromatic N) is 3. The molecule has 0 spiro atoms. The molecule has 0 unspecified atom stereocenters. The lowest BCUT2D eigenvalue weighted by atomic mass is 10.0. The number of aromatic carboxylic acids is 1. The number of carboxylic acids is 1. The Morgan fingerprint density at radius 1 is 1.23 bits per heavy atom. The first-order valence-corrected chi connectivity index (χ1v) is 10.4. The number of carbonyl (C=O) groups is 1. The van der Waals surface area contributed by atoms with E-state index in [0.717, 1.165) is 24.5 Å². The van der Waals surface area contributed by atoms with Crippen LogP contribution in [-0.4, -0.2) is 58.2 Å². The highest BCUT2D eigenvalue weighted by Gasteiger charge is 2.41. The van der Waals surface area contributed by atoms with Gasteiger partial charge in [0, 0.05) is 24.8 Å². The summed E-state index contributed by atoms with van der Waals surface area (Å²) in [7, 11) is 4.05. The summed E-state index contributed by atoms with van der Waals surface area (Å²) in [5, 5.41) is 13.4. The smallest absolute Gasteiger partial charge is 0.335 e. The van der Waals surface area contributed by atoms with Gasteiger partial charge in [0.2, 0.25) is 0 Å². The standard InChI is InChI=1S/C23H24N4O3S/c1-26(2)12-13-27-21(20(25-23(27)31)17-8-3-4-11-24-17)19-10-9-18(30-19)15-6-5-7-16(14-15)22(28)29/h3-11,14,20-21H,12-13H2,1-2H3,(H,25,31)(H,28,29)/t20-,21-/m0/s1. The van der Waals surface area contributed by atoms with Gasteiger partial charge < -0.3 is 24.6 Å². The van der Waals surface area contributed by atoms with E-state index in [0.29, 0.717) is 16.4 Å². The number of aromatic nitrogens is 1. The van der Waals surface area contributed by atoms with Crippen molar-refractivity contribution in [2.24, 2.45) is 0 Å². The Kier molecular flexibility index (Phi) is 6.01. The molecule has 7 nitrogen and oxygen atoms in total. The number of hydrogen-bond acceptors (Lipinski definition) is 5. The van der Waals surface area contributed by atoms with Crippen LogP contribution in [0.15, 0.2) is 65.2 Å². The van der Waals surface area contributed by atoms with E-state index in [4.69, 9.17) is 16.6 Å². The fraction of sp³-hybridized carbons (Fsp3) is 0.261. The van der Waals surface area contributed by atoms with Crippen molar-refractivity contribution >= 4 is 23.3 Å². The Labute approximate surface area is 186 Å². The zero-order chi connectivity index (χ0) is 22.0. The Morgan fingerprint density at radius 3 is 2.77 bits per heavy atom. The van der Waals surface area contributed by atoms with Crippen molar-refractivity contribution in [3.05, 3.63) is 77.8 Å². The van der Waals surface area contributed by atoms with Crippen LogP contribution in [0.25, 0.3) is 11.3 Å². The summed E-state index contributed by atoms with van der Waals surface area (Å²) in [6.07, 6.45) is 1.77. The summed E-state index contributed by atoms with van der Waals surface area (Å²) < 4.78 is 6.25. The molecule has 2 atom stereocenters. The molecule has 2 aromatic heterocycles. The van der Waals surface area contributed by atoms with Crippen LogP contribution in [0, 0.1) is 0 Å². The quantitative estimate of drug-likeness (QED) is 0.544. The molecular weight excluding hydrogens is 412 g/mol. The fourth-order valence-electron chi connectivity index (χ4n) is 3.74. The molecule has 1 aliphatic heterocycles. The number of likely N-dealkylation sites (N-methyl/N-ethyl adjacent to an activating group) is 1. The molecule has 3 heterocycles. The van der Waals surface area contributed by atoms with Gasteiger partial charge >= 0.3 is 5.97 Å². The van der Waals surface area contributed by atoms with Gasteiger partial charge in [-0.05, 0) is 62.7 Å². The molecule has 1 aromatic carbocycles. The molecule has 4 rings (SSSR count). The molecule has 0 bridgehead atoms. The van der Waals surface area contributed by atoms with Crippen molar-refractivity contribution in [3.63, 3.8) is 0 Å². The van der Waals surface area contributed by atoms with Gasteiger partial charge in [-0.15, -0.1) is 0 Å². The van der Waals surface area contributed by atoms with Gasteiger partial charge in [-0.2, -0.15) is 0 Å². The molecule has 0 amide bonds. The molecule has 0 radical (unpaired) electrons. The number of pyridine rings is 1. The van der Waals surface area contributed by atoms with Crippen LogP contribution in [0.3, 0.4) is 0 Å². The second-order valence-electron chi connectivity index (χ2n) is 7.71. The average molecular weight is 437 g/mol. The van der Waals surface area contributed by atoms with E-state index < -0.39 is 5.97 Å². The molecule has 8 heteroatoms. The maximum Gasteiger partial charge on any atom is 0.335 e. The lowest BCUT2D eigenvalue weighted by Crippen LogP contribution is -2.35. The molecule has 1 saturated heterocycles. The van der Waals surface area contributed by atoms with E-state index in [-0.39, 0.29) is 17.6 Å². The monoisotopic (exact) mass is 436 g/mol. The van der Waals surface area contributed by atoms with Gasteiger partial charge in [0.15, 0.2) is 5.11 Å². The van der Waals surface area contributed by atoms with Crippen LogP contribution >= 0.6 is 12.2 Å². The summed E-state index contributed by atoms with van der Waals surface area (Å²) in [5.41, 5.74) is 1.82. The molecule has 0 aliphatic carbocycles. The SMILES string of the molecule is CN(C)CCN1C(=S)N[C@@H](c2ccccn2)[C@@H]1c1ccc(-c2cccc(C(=O)O)c2)o1. The Morgan fingerprint density at radius 2 is 2.06 bits per heavy atom. The number of thiocarbonyl (C=S) groups is 1. The first kappa shape index (κ1) is 21.0. The second-order valence-corrected chi connectivity index (χ2v) is 8.10. The van der Waals surface area contributed by atoms with Gasteiger partial charge in [0.25, 0.3) is 0 Å². The summed E-state index contributed by atoms with van der Waals surface area (Å²) in [6.45, 7) is 1.57. The van der Waals surface area contributed by atoms with Crippen LogP contribution < -0.4 is 5.32 Å². The van der Waals surface area contributed by atoms with E-state index in [1.54, 1.807) is 24.4 Å². The number of furan rings is 1. The highest BCUT2D eigenvalue weighted by atomic mass is 32.1. The van der Waals surface area contributed by atoms with Crippen molar-refractivity contribution in [1.82, 2.24) is 20.1 Å². The minimum absolute atomic E-state index is 0.153. The number of rotatable bonds is 7. The van der Waals surface area contributed by atoms with E-state index in [9.17, 15) is 9.90 Å². The third-order valence-electron chi connectivity index (χ3n) is 5.30. The lowest BCUT2D eigenvalue weighted by molar-refractivity contribution is 0.0697. The first-order valence-electron chi connectivity index (χ1n) is 10.0. The summed E-state index contributed by atoms with van der Waals surface area (Å²) >= 11 is 5.65. The average Bonchev–Trinajstić information content (AvgIpc) is 3.37. The molecule has 160 valence electrons. The van der Waals surface area contributed by atoms with Crippen LogP contribution in [0.2, 0.25) is 0 Å². The van der Waals surface area contributed by atoms with Gasteiger partial charge in [0.1, 0.15) is 17.6 Å². The third-order valence-corrected chi connectivity index (χ3v) is 5.65. The van der Waals surface area contributed by atoms with Gasteiger partial charge in [-0.25, -0.2) is 4.79 Å². The van der Waals surface area contributed by atoms with Gasteiger partial charge in [0.05, 0.1) is 17.3 Å². The largest absolute Gasteiger partial charge is 0.478 e. The molecule has 1 aliphatic rings. The predicted molar refractivity (Wildman–Crippen MR) is 122 cm³/mol. The topological polar surface area (TPSA) is 81.8 Å². The number of benzene rings is 1. The third kappa shape index (κ3) is 4.45. The minimum Gasteiger partial charge on any atom is -0.478 e. The predicted octanol–water partition coefficient (Wildman–Crippen LogP) is 3.57. The van der Waals surface area contributed by atoms with Crippen LogP contribution in [0.5, 0.6) is 0 Å². The Bertz CT molecular complexity index is 1080. The van der Waals surface area contributed by atoms with E-state index in [1.807, 2.05) is 50.5 Å². The van der Waals surface area contributed by atoms with Crippen molar-refractivity contribution in [3.8, 4) is 11.3 Å². The first-order chi connectivity index (χ1) is 14.9. The van der Waals surface area contributed by atoms with Crippen LogP contribution in [0.4, 0.5) is 0 Å². The summed E-state index contributed by atoms with van der Waals surface area (Å²) in [6, 6.07) is 16.0. The van der Waals surface area contributed by atoms with E-state index in [2.05, 4.69) is 20.1 Å². The highest BCUT2D eigenvalue weighted by molar-refractivity contribution is 7.80. The molecule has 1 fully saturated rings. The van der Waals surface area contributed by atoms with Crippen molar-refractivity contribution in [2.75, 3.05) is 27.2 Å². The zero-order valence-electron chi connectivity index (χ0n) is 17.4. The highest BCUT2D eigenvalue weighted by Crippen LogP contribution is 2.40. The van der Waals surface area contributed by atoms with Crippen LogP contribution in [-0.2, 0) is 0 Å². The Balaban J connectivity index is 1.70. The number of hydrogen-bond donors (Lipinski definition) is 2. The molecular formula is C23H24N4O3S. The van der Waals surface area contributed by atoms with Crippen molar-refractivity contribution in [2.45, 2.75) is 12.1 Å². The van der Waals surface area contributed by atoms with Gasteiger partial charge in [-0.1, -0.05) is 18.2 Å². The van der Waals surface area contributed by atoms with Crippen molar-refractivity contribution in [1.29, 1.82) is 0 Å². The number of nitrogens with one attached hydrogen (secondary N) is 1. The van der Waals surface area contributed by atoms with Crippen LogP contribution in [0.1, 0.15) is 33.9 Å². The normalized spacial score (nSPS) is 18.4. The molecule has 3 aromatic rings. The zero-order valence-corrected chi connectivity index (χ0v) is 18.2. The molecule has 31 heavy (non-hydrogen) atoms. The van der Waals surface area contributed by atoms with E-state index in [1.165, 1.54) is 0 Å². The molecule has 2 N–H and O–H groups in total. The van der Waals surface area contributed by atoms with E-state index >= 15 is 0 Å². The second kappa shape index (κ2) is 8.87.